The van der Waals surface area contributed by atoms with E-state index in [1.165, 1.54) is 11.1 Å². The van der Waals surface area contributed by atoms with Crippen molar-refractivity contribution in [1.82, 2.24) is 0 Å². The van der Waals surface area contributed by atoms with Gasteiger partial charge in [-0.3, -0.25) is 4.79 Å². The largest absolute Gasteiger partial charge is 0.358 e. The second-order valence-electron chi connectivity index (χ2n) is 6.95. The maximum atomic E-state index is 13.2. The lowest BCUT2D eigenvalue weighted by molar-refractivity contribution is -0.117. The number of nitrogens with zero attached hydrogens (tertiary/aromatic N) is 2. The molecule has 27 heavy (non-hydrogen) atoms. The van der Waals surface area contributed by atoms with Crippen molar-refractivity contribution in [2.45, 2.75) is 19.4 Å². The molecule has 3 nitrogen and oxygen atoms in total. The van der Waals surface area contributed by atoms with Gasteiger partial charge >= 0.3 is 0 Å². The molecule has 1 amide bonds. The van der Waals surface area contributed by atoms with Gasteiger partial charge in [-0.15, -0.1) is 0 Å². The number of carbonyl (C=O) groups excluding carboxylic acids is 1. The summed E-state index contributed by atoms with van der Waals surface area (Å²) in [5.41, 5.74) is 4.61. The fraction of sp³-hybridized carbons (Fsp3) is 0.208. The fourth-order valence-electron chi connectivity index (χ4n) is 3.72. The lowest BCUT2D eigenvalue weighted by Crippen LogP contribution is -2.42. The molecule has 1 aliphatic rings. The first-order chi connectivity index (χ1) is 13.3. The molecule has 0 saturated heterocycles. The number of anilines is 2. The summed E-state index contributed by atoms with van der Waals surface area (Å²) in [6.07, 6.45) is 2.07. The summed E-state index contributed by atoms with van der Waals surface area (Å²) < 4.78 is 0. The van der Waals surface area contributed by atoms with Crippen molar-refractivity contribution in [3.05, 3.63) is 96.1 Å². The van der Waals surface area contributed by atoms with E-state index in [4.69, 9.17) is 0 Å². The van der Waals surface area contributed by atoms with Gasteiger partial charge in [0, 0.05) is 24.5 Å². The Morgan fingerprint density at radius 2 is 1.52 bits per heavy atom. The Morgan fingerprint density at radius 1 is 0.852 bits per heavy atom. The number of para-hydroxylation sites is 2. The third-order valence-electron chi connectivity index (χ3n) is 5.08. The van der Waals surface area contributed by atoms with Crippen LogP contribution in [0.1, 0.15) is 17.5 Å². The lowest BCUT2D eigenvalue weighted by atomic mass is 10.0. The number of rotatable bonds is 5. The molecule has 0 atom stereocenters. The van der Waals surface area contributed by atoms with Crippen molar-refractivity contribution in [1.29, 1.82) is 0 Å². The van der Waals surface area contributed by atoms with Gasteiger partial charge in [0.1, 0.15) is 0 Å². The number of hydrogen-bond acceptors (Lipinski definition) is 2. The van der Waals surface area contributed by atoms with Crippen molar-refractivity contribution in [3.8, 4) is 0 Å². The maximum Gasteiger partial charge on any atom is 0.246 e. The quantitative estimate of drug-likeness (QED) is 0.663. The molecule has 0 aromatic heterocycles. The van der Waals surface area contributed by atoms with Gasteiger partial charge in [-0.1, -0.05) is 66.7 Å². The molecular weight excluding hydrogens is 332 g/mol. The summed E-state index contributed by atoms with van der Waals surface area (Å²) in [5, 5.41) is 0. The van der Waals surface area contributed by atoms with E-state index in [9.17, 15) is 4.79 Å². The highest BCUT2D eigenvalue weighted by molar-refractivity contribution is 5.97. The number of fused-ring (bicyclic) bond motifs is 1. The molecule has 1 aliphatic heterocycles. The van der Waals surface area contributed by atoms with Gasteiger partial charge in [0.25, 0.3) is 0 Å². The predicted octanol–water partition coefficient (Wildman–Crippen LogP) is 4.67. The van der Waals surface area contributed by atoms with Crippen LogP contribution < -0.4 is 9.80 Å². The Morgan fingerprint density at radius 3 is 2.30 bits per heavy atom. The van der Waals surface area contributed by atoms with Crippen LogP contribution in [-0.2, 0) is 17.8 Å². The summed E-state index contributed by atoms with van der Waals surface area (Å²) in [7, 11) is 0. The SMILES string of the molecule is O=C(CN(Cc1ccccc1)c1ccccc1)N1CCCc2ccccc21. The highest BCUT2D eigenvalue weighted by Gasteiger charge is 2.24. The third kappa shape index (κ3) is 4.03. The van der Waals surface area contributed by atoms with E-state index in [1.54, 1.807) is 0 Å². The van der Waals surface area contributed by atoms with Gasteiger partial charge in [0.2, 0.25) is 5.91 Å². The molecular formula is C24H24N2O. The van der Waals surface area contributed by atoms with E-state index in [0.29, 0.717) is 13.1 Å². The normalized spacial score (nSPS) is 13.1. The van der Waals surface area contributed by atoms with Crippen LogP contribution in [0.5, 0.6) is 0 Å². The van der Waals surface area contributed by atoms with Crippen molar-refractivity contribution in [2.75, 3.05) is 22.9 Å². The molecule has 0 bridgehead atoms. The molecule has 4 rings (SSSR count). The first-order valence-electron chi connectivity index (χ1n) is 9.53. The average molecular weight is 356 g/mol. The van der Waals surface area contributed by atoms with Crippen LogP contribution in [0, 0.1) is 0 Å². The van der Waals surface area contributed by atoms with Crippen molar-refractivity contribution < 1.29 is 4.79 Å². The van der Waals surface area contributed by atoms with E-state index in [1.807, 2.05) is 47.4 Å². The van der Waals surface area contributed by atoms with Crippen LogP contribution in [0.25, 0.3) is 0 Å². The Bertz CT molecular complexity index is 893. The molecule has 0 radical (unpaired) electrons. The fourth-order valence-corrected chi connectivity index (χ4v) is 3.72. The van der Waals surface area contributed by atoms with Gasteiger partial charge in [-0.05, 0) is 42.2 Å². The van der Waals surface area contributed by atoms with Crippen LogP contribution in [0.15, 0.2) is 84.9 Å². The second kappa shape index (κ2) is 8.09. The topological polar surface area (TPSA) is 23.6 Å². The monoisotopic (exact) mass is 356 g/mol. The van der Waals surface area contributed by atoms with Gasteiger partial charge in [-0.25, -0.2) is 0 Å². The first-order valence-corrected chi connectivity index (χ1v) is 9.53. The summed E-state index contributed by atoms with van der Waals surface area (Å²) in [4.78, 5) is 17.3. The predicted molar refractivity (Wildman–Crippen MR) is 111 cm³/mol. The summed E-state index contributed by atoms with van der Waals surface area (Å²) in [6.45, 7) is 1.88. The minimum atomic E-state index is 0.155. The Labute approximate surface area is 160 Å². The van der Waals surface area contributed by atoms with E-state index >= 15 is 0 Å². The Balaban J connectivity index is 1.57. The van der Waals surface area contributed by atoms with Gasteiger partial charge in [0.15, 0.2) is 0 Å². The van der Waals surface area contributed by atoms with Crippen LogP contribution in [-0.4, -0.2) is 19.0 Å². The molecule has 3 aromatic rings. The highest BCUT2D eigenvalue weighted by Crippen LogP contribution is 2.27. The first kappa shape index (κ1) is 17.3. The third-order valence-corrected chi connectivity index (χ3v) is 5.08. The van der Waals surface area contributed by atoms with Gasteiger partial charge in [0.05, 0.1) is 6.54 Å². The van der Waals surface area contributed by atoms with Crippen LogP contribution >= 0.6 is 0 Å². The summed E-state index contributed by atoms with van der Waals surface area (Å²) >= 11 is 0. The number of hydrogen-bond donors (Lipinski definition) is 0. The zero-order valence-electron chi connectivity index (χ0n) is 15.4. The summed E-state index contributed by atoms with van der Waals surface area (Å²) in [6, 6.07) is 28.8. The van der Waals surface area contributed by atoms with E-state index < -0.39 is 0 Å². The zero-order chi connectivity index (χ0) is 18.5. The van der Waals surface area contributed by atoms with Gasteiger partial charge in [-0.2, -0.15) is 0 Å². The highest BCUT2D eigenvalue weighted by atomic mass is 16.2. The molecule has 0 N–H and O–H groups in total. The van der Waals surface area contributed by atoms with E-state index in [2.05, 4.69) is 47.4 Å². The minimum Gasteiger partial charge on any atom is -0.358 e. The van der Waals surface area contributed by atoms with Crippen LogP contribution in [0.3, 0.4) is 0 Å². The minimum absolute atomic E-state index is 0.155. The van der Waals surface area contributed by atoms with Crippen LogP contribution in [0.2, 0.25) is 0 Å². The maximum absolute atomic E-state index is 13.2. The molecule has 1 heterocycles. The Hall–Kier alpha value is -3.07. The lowest BCUT2D eigenvalue weighted by Gasteiger charge is -2.32. The Kier molecular flexibility index (Phi) is 5.20. The van der Waals surface area contributed by atoms with Gasteiger partial charge < -0.3 is 9.80 Å². The molecule has 0 fully saturated rings. The van der Waals surface area contributed by atoms with Crippen molar-refractivity contribution in [2.24, 2.45) is 0 Å². The zero-order valence-corrected chi connectivity index (χ0v) is 15.4. The molecule has 3 heteroatoms. The average Bonchev–Trinajstić information content (AvgIpc) is 2.74. The smallest absolute Gasteiger partial charge is 0.246 e. The van der Waals surface area contributed by atoms with Crippen molar-refractivity contribution >= 4 is 17.3 Å². The van der Waals surface area contributed by atoms with Crippen LogP contribution in [0.4, 0.5) is 11.4 Å². The molecule has 3 aromatic carbocycles. The van der Waals surface area contributed by atoms with Crippen molar-refractivity contribution in [3.63, 3.8) is 0 Å². The number of aryl methyl sites for hydroxylation is 1. The molecule has 0 spiro atoms. The standard InChI is InChI=1S/C24H24N2O/c27-24(26-17-9-13-21-12-7-8-16-23(21)26)19-25(22-14-5-2-6-15-22)18-20-10-3-1-4-11-20/h1-8,10-12,14-16H,9,13,17-19H2. The number of carbonyl (C=O) groups is 1. The molecule has 0 aliphatic carbocycles. The summed E-state index contributed by atoms with van der Waals surface area (Å²) in [5.74, 6) is 0.155. The number of amides is 1. The molecule has 0 unspecified atom stereocenters. The molecule has 136 valence electrons. The second-order valence-corrected chi connectivity index (χ2v) is 6.95. The molecule has 0 saturated carbocycles. The number of benzene rings is 3. The van der Waals surface area contributed by atoms with E-state index in [-0.39, 0.29) is 5.91 Å². The van der Waals surface area contributed by atoms with E-state index in [0.717, 1.165) is 30.8 Å².